The Morgan fingerprint density at radius 1 is 1.05 bits per heavy atom. The minimum absolute atomic E-state index is 0. The molecule has 1 aliphatic heterocycles. The summed E-state index contributed by atoms with van der Waals surface area (Å²) in [6.07, 6.45) is -0.588. The first-order valence-corrected chi connectivity index (χ1v) is 7.42. The summed E-state index contributed by atoms with van der Waals surface area (Å²) in [5, 5.41) is 10.7. The van der Waals surface area contributed by atoms with Gasteiger partial charge in [-0.2, -0.15) is 0 Å². The van der Waals surface area contributed by atoms with Crippen molar-refractivity contribution in [1.29, 1.82) is 0 Å². The summed E-state index contributed by atoms with van der Waals surface area (Å²) in [4.78, 5) is 2.11. The molecule has 0 aromatic heterocycles. The van der Waals surface area contributed by atoms with Crippen molar-refractivity contribution in [3.8, 4) is 0 Å². The molecule has 3 rings (SSSR count). The third-order valence-electron chi connectivity index (χ3n) is 4.15. The Balaban J connectivity index is 0.00000176. The van der Waals surface area contributed by atoms with Crippen molar-refractivity contribution in [2.45, 2.75) is 25.3 Å². The van der Waals surface area contributed by atoms with E-state index in [1.807, 2.05) is 48.5 Å². The van der Waals surface area contributed by atoms with Gasteiger partial charge in [0.1, 0.15) is 6.23 Å². The summed E-state index contributed by atoms with van der Waals surface area (Å²) < 4.78 is 5.94. The van der Waals surface area contributed by atoms with Crippen LogP contribution < -0.4 is 0 Å². The van der Waals surface area contributed by atoms with Gasteiger partial charge in [-0.3, -0.25) is 4.90 Å². The quantitative estimate of drug-likeness (QED) is 0.939. The van der Waals surface area contributed by atoms with Crippen LogP contribution in [0.4, 0.5) is 0 Å². The van der Waals surface area contributed by atoms with E-state index in [0.29, 0.717) is 6.61 Å². The molecule has 3 unspecified atom stereocenters. The summed E-state index contributed by atoms with van der Waals surface area (Å²) in [6.45, 7) is 3.48. The highest BCUT2D eigenvalue weighted by molar-refractivity contribution is 5.85. The maximum atomic E-state index is 10.7. The highest BCUT2D eigenvalue weighted by atomic mass is 35.5. The maximum Gasteiger partial charge on any atom is 0.133 e. The average molecular weight is 320 g/mol. The van der Waals surface area contributed by atoms with Gasteiger partial charge >= 0.3 is 0 Å². The standard InChI is InChI=1S/C18H21NO2.ClH/c1-14-17(15-8-4-2-5-9-15)21-13-12-19(14)18(20)16-10-6-3-7-11-16;/h2-11,14,17-18,20H,12-13H2,1H3;1H. The fraction of sp³-hybridized carbons (Fsp3) is 0.333. The fourth-order valence-electron chi connectivity index (χ4n) is 2.98. The fourth-order valence-corrected chi connectivity index (χ4v) is 2.98. The molecule has 1 saturated heterocycles. The van der Waals surface area contributed by atoms with E-state index in [4.69, 9.17) is 4.74 Å². The van der Waals surface area contributed by atoms with E-state index >= 15 is 0 Å². The van der Waals surface area contributed by atoms with Crippen LogP contribution in [0.2, 0.25) is 0 Å². The normalized spacial score (nSPS) is 23.5. The second kappa shape index (κ2) is 7.75. The number of ether oxygens (including phenoxy) is 1. The van der Waals surface area contributed by atoms with Crippen molar-refractivity contribution < 1.29 is 9.84 Å². The van der Waals surface area contributed by atoms with Crippen molar-refractivity contribution in [2.75, 3.05) is 13.2 Å². The van der Waals surface area contributed by atoms with Gasteiger partial charge in [-0.25, -0.2) is 0 Å². The smallest absolute Gasteiger partial charge is 0.133 e. The summed E-state index contributed by atoms with van der Waals surface area (Å²) >= 11 is 0. The molecule has 0 bridgehead atoms. The third-order valence-corrected chi connectivity index (χ3v) is 4.15. The zero-order chi connectivity index (χ0) is 14.7. The first-order valence-electron chi connectivity index (χ1n) is 7.42. The minimum Gasteiger partial charge on any atom is -0.374 e. The molecule has 22 heavy (non-hydrogen) atoms. The van der Waals surface area contributed by atoms with Gasteiger partial charge in [-0.05, 0) is 18.1 Å². The first kappa shape index (κ1) is 17.0. The topological polar surface area (TPSA) is 32.7 Å². The van der Waals surface area contributed by atoms with Gasteiger partial charge in [0.15, 0.2) is 0 Å². The summed E-state index contributed by atoms with van der Waals surface area (Å²) in [7, 11) is 0. The monoisotopic (exact) mass is 319 g/mol. The summed E-state index contributed by atoms with van der Waals surface area (Å²) in [5.41, 5.74) is 2.09. The molecule has 3 atom stereocenters. The second-order valence-electron chi connectivity index (χ2n) is 5.46. The van der Waals surface area contributed by atoms with Gasteiger partial charge in [0, 0.05) is 12.6 Å². The molecule has 0 saturated carbocycles. The Hall–Kier alpha value is -1.39. The highest BCUT2D eigenvalue weighted by Crippen LogP contribution is 2.32. The van der Waals surface area contributed by atoms with Crippen LogP contribution >= 0.6 is 12.4 Å². The highest BCUT2D eigenvalue weighted by Gasteiger charge is 2.33. The van der Waals surface area contributed by atoms with Gasteiger partial charge in [0.2, 0.25) is 0 Å². The number of hydrogen-bond donors (Lipinski definition) is 1. The Bertz CT molecular complexity index is 564. The largest absolute Gasteiger partial charge is 0.374 e. The van der Waals surface area contributed by atoms with E-state index in [-0.39, 0.29) is 24.6 Å². The van der Waals surface area contributed by atoms with Crippen LogP contribution in [-0.4, -0.2) is 29.2 Å². The zero-order valence-corrected chi connectivity index (χ0v) is 13.4. The molecule has 2 aromatic carbocycles. The van der Waals surface area contributed by atoms with E-state index in [1.54, 1.807) is 0 Å². The first-order chi connectivity index (χ1) is 10.3. The van der Waals surface area contributed by atoms with Crippen LogP contribution in [0.1, 0.15) is 30.4 Å². The van der Waals surface area contributed by atoms with Crippen molar-refractivity contribution >= 4 is 12.4 Å². The van der Waals surface area contributed by atoms with Gasteiger partial charge in [-0.1, -0.05) is 60.7 Å². The second-order valence-corrected chi connectivity index (χ2v) is 5.46. The molecule has 0 spiro atoms. The SMILES string of the molecule is CC1C(c2ccccc2)OCCN1C(O)c1ccccc1.Cl. The van der Waals surface area contributed by atoms with E-state index < -0.39 is 6.23 Å². The Morgan fingerprint density at radius 2 is 1.64 bits per heavy atom. The molecule has 118 valence electrons. The molecule has 1 fully saturated rings. The number of rotatable bonds is 3. The van der Waals surface area contributed by atoms with E-state index in [9.17, 15) is 5.11 Å². The van der Waals surface area contributed by atoms with E-state index in [2.05, 4.69) is 24.0 Å². The third kappa shape index (κ3) is 3.50. The number of nitrogens with zero attached hydrogens (tertiary/aromatic N) is 1. The van der Waals surface area contributed by atoms with Gasteiger partial charge in [0.05, 0.1) is 12.7 Å². The van der Waals surface area contributed by atoms with Crippen molar-refractivity contribution in [1.82, 2.24) is 4.90 Å². The van der Waals surface area contributed by atoms with Crippen LogP contribution in [0, 0.1) is 0 Å². The van der Waals surface area contributed by atoms with Gasteiger partial charge in [0.25, 0.3) is 0 Å². The molecule has 0 radical (unpaired) electrons. The lowest BCUT2D eigenvalue weighted by atomic mass is 9.99. The number of aliphatic hydroxyl groups is 1. The lowest BCUT2D eigenvalue weighted by Gasteiger charge is -2.42. The predicted octanol–water partition coefficient (Wildman–Crippen LogP) is 3.56. The Kier molecular flexibility index (Phi) is 5.98. The molecule has 3 nitrogen and oxygen atoms in total. The van der Waals surface area contributed by atoms with Crippen LogP contribution in [0.5, 0.6) is 0 Å². The van der Waals surface area contributed by atoms with Gasteiger partial charge < -0.3 is 9.84 Å². The number of morpholine rings is 1. The molecule has 0 amide bonds. The summed E-state index contributed by atoms with van der Waals surface area (Å²) in [6, 6.07) is 20.1. The summed E-state index contributed by atoms with van der Waals surface area (Å²) in [5.74, 6) is 0. The molecule has 2 aromatic rings. The van der Waals surface area contributed by atoms with E-state index in [1.165, 1.54) is 0 Å². The molecule has 0 aliphatic carbocycles. The molecular weight excluding hydrogens is 298 g/mol. The predicted molar refractivity (Wildman–Crippen MR) is 90.0 cm³/mol. The lowest BCUT2D eigenvalue weighted by molar-refractivity contribution is -0.130. The molecule has 1 N–H and O–H groups in total. The average Bonchev–Trinajstić information content (AvgIpc) is 2.56. The molecule has 1 heterocycles. The van der Waals surface area contributed by atoms with Gasteiger partial charge in [-0.15, -0.1) is 12.4 Å². The number of aliphatic hydroxyl groups excluding tert-OH is 1. The van der Waals surface area contributed by atoms with Crippen LogP contribution in [0.25, 0.3) is 0 Å². The number of hydrogen-bond acceptors (Lipinski definition) is 3. The minimum atomic E-state index is -0.587. The van der Waals surface area contributed by atoms with Crippen molar-refractivity contribution in [2.24, 2.45) is 0 Å². The molecule has 4 heteroatoms. The van der Waals surface area contributed by atoms with Crippen LogP contribution in [-0.2, 0) is 4.74 Å². The van der Waals surface area contributed by atoms with Crippen LogP contribution in [0.3, 0.4) is 0 Å². The molecular formula is C18H22ClNO2. The lowest BCUT2D eigenvalue weighted by Crippen LogP contribution is -2.47. The van der Waals surface area contributed by atoms with Crippen molar-refractivity contribution in [3.63, 3.8) is 0 Å². The zero-order valence-electron chi connectivity index (χ0n) is 12.6. The number of halogens is 1. The van der Waals surface area contributed by atoms with E-state index in [0.717, 1.165) is 17.7 Å². The maximum absolute atomic E-state index is 10.7. The Morgan fingerprint density at radius 3 is 2.27 bits per heavy atom. The van der Waals surface area contributed by atoms with Crippen LogP contribution in [0.15, 0.2) is 60.7 Å². The molecule has 1 aliphatic rings. The Labute approximate surface area is 137 Å². The number of benzene rings is 2. The van der Waals surface area contributed by atoms with Crippen molar-refractivity contribution in [3.05, 3.63) is 71.8 Å².